The monoisotopic (exact) mass is 1730 g/mol. The van der Waals surface area contributed by atoms with Crippen LogP contribution in [-0.4, -0.2) is 268 Å². The van der Waals surface area contributed by atoms with Crippen LogP contribution in [-0.2, 0) is 95.3 Å². The van der Waals surface area contributed by atoms with Gasteiger partial charge in [0.1, 0.15) is 25.9 Å². The average molecular weight is 1730 g/mol. The first kappa shape index (κ1) is 114. The topological polar surface area (TPSA) is 533 Å². The van der Waals surface area contributed by atoms with Crippen LogP contribution < -0.4 is 65.5 Å². The molecule has 1 aromatic rings. The van der Waals surface area contributed by atoms with E-state index in [0.29, 0.717) is 147 Å². The number of carbonyl (C=O) groups excluding carboxylic acids is 11. The predicted molar refractivity (Wildman–Crippen MR) is 459 cm³/mol. The highest BCUT2D eigenvalue weighted by Gasteiger charge is 2.47. The largest absolute Gasteiger partial charge is 0.466 e. The molecule has 6 amide bonds. The molecule has 36 nitrogen and oxygen atoms in total. The van der Waals surface area contributed by atoms with Crippen LogP contribution in [0.15, 0.2) is 35.3 Å². The van der Waals surface area contributed by atoms with Gasteiger partial charge in [-0.3, -0.25) is 52.7 Å². The third-order valence-electron chi connectivity index (χ3n) is 20.2. The normalized spacial score (nSPS) is 22.9. The van der Waals surface area contributed by atoms with Crippen molar-refractivity contribution in [3.63, 3.8) is 0 Å². The number of Topliss-reactive ketones (excluding diaryl/α,β-unsaturated/α-hetero) is 1. The first-order chi connectivity index (χ1) is 57.9. The highest BCUT2D eigenvalue weighted by molar-refractivity contribution is 5.97. The van der Waals surface area contributed by atoms with Gasteiger partial charge in [0.2, 0.25) is 41.7 Å². The molecule has 0 radical (unpaired) electrons. The third kappa shape index (κ3) is 56.1. The SMILES string of the molecule is CC(=O)NC1C(OCCCCC(=O)NCCCN)OC(COC(C)=O)C(C)C1C.CC(=O)NC1C(OCCCCC(=O)NCCCNCC(=O)c2ccccc2)OC(COC(C)=O)C(C)C1C.CC(=O)OCC1OC2OC(C)=NC2C(C)C1C.CNCCCNC(=O)CCCCO.NCCCN.NCCCNC(=O)CCCCO.O=C1CCCCO1. The van der Waals surface area contributed by atoms with Crippen LogP contribution in [0.1, 0.15) is 222 Å². The molecule has 121 heavy (non-hydrogen) atoms. The highest BCUT2D eigenvalue weighted by Crippen LogP contribution is 2.37. The molecule has 5 aliphatic heterocycles. The third-order valence-corrected chi connectivity index (χ3v) is 20.2. The average Bonchev–Trinajstić information content (AvgIpc) is 1.59. The maximum Gasteiger partial charge on any atom is 0.305 e. The van der Waals surface area contributed by atoms with Crippen LogP contribution >= 0.6 is 0 Å². The number of esters is 4. The molecule has 36 heteroatoms. The fourth-order valence-corrected chi connectivity index (χ4v) is 12.5. The van der Waals surface area contributed by atoms with E-state index in [4.69, 9.17) is 75.8 Å². The van der Waals surface area contributed by atoms with E-state index < -0.39 is 12.6 Å². The number of carbonyl (C=O) groups is 11. The number of hydrogen-bond acceptors (Lipinski definition) is 30. The summed E-state index contributed by atoms with van der Waals surface area (Å²) in [6.07, 6.45) is 12.0. The maximum absolute atomic E-state index is 12.1. The lowest BCUT2D eigenvalue weighted by Crippen LogP contribution is -2.58. The van der Waals surface area contributed by atoms with Gasteiger partial charge in [0.25, 0.3) is 0 Å². The first-order valence-electron chi connectivity index (χ1n) is 43.4. The van der Waals surface area contributed by atoms with Crippen LogP contribution in [0.4, 0.5) is 0 Å². The number of ether oxygens (including phenoxy) is 10. The fraction of sp³-hybridized carbons (Fsp3) is 0.788. The molecule has 0 bridgehead atoms. The molecule has 18 N–H and O–H groups in total. The summed E-state index contributed by atoms with van der Waals surface area (Å²) < 4.78 is 55.2. The summed E-state index contributed by atoms with van der Waals surface area (Å²) in [5.74, 6) is 0.352. The number of unbranched alkanes of at least 4 members (excludes halogenated alkanes) is 4. The second-order valence-corrected chi connectivity index (χ2v) is 30.5. The Morgan fingerprint density at radius 3 is 1.23 bits per heavy atom. The van der Waals surface area contributed by atoms with Crippen LogP contribution in [0.2, 0.25) is 0 Å². The van der Waals surface area contributed by atoms with Gasteiger partial charge < -0.3 is 123 Å². The number of aliphatic hydroxyl groups excluding tert-OH is 2. The zero-order chi connectivity index (χ0) is 90.7. The van der Waals surface area contributed by atoms with Gasteiger partial charge in [0, 0.05) is 132 Å². The number of aliphatic imine (C=N–C) groups is 1. The Labute approximate surface area is 718 Å². The first-order valence-corrected chi connectivity index (χ1v) is 43.4. The maximum atomic E-state index is 12.1. The lowest BCUT2D eigenvalue weighted by Gasteiger charge is -2.44. The predicted octanol–water partition coefficient (Wildman–Crippen LogP) is 3.78. The van der Waals surface area contributed by atoms with Gasteiger partial charge in [0.05, 0.1) is 43.5 Å². The van der Waals surface area contributed by atoms with Crippen molar-refractivity contribution in [2.24, 2.45) is 63.4 Å². The number of ketones is 1. The number of fused-ring (bicyclic) bond motifs is 1. The number of aliphatic hydroxyl groups is 2. The number of cyclic esters (lactones) is 1. The number of nitrogens with two attached hydrogens (primary N) is 4. The molecule has 0 aliphatic carbocycles. The van der Waals surface area contributed by atoms with Gasteiger partial charge in [-0.25, -0.2) is 4.99 Å². The molecule has 4 saturated heterocycles. The van der Waals surface area contributed by atoms with Gasteiger partial charge in [-0.2, -0.15) is 0 Å². The van der Waals surface area contributed by atoms with Gasteiger partial charge in [0.15, 0.2) is 24.3 Å². The molecule has 1 aromatic carbocycles. The van der Waals surface area contributed by atoms with Crippen molar-refractivity contribution < 1.29 is 110 Å². The Morgan fingerprint density at radius 2 is 0.876 bits per heavy atom. The molecule has 6 rings (SSSR count). The highest BCUT2D eigenvalue weighted by atomic mass is 16.7. The number of benzene rings is 1. The van der Waals surface area contributed by atoms with Gasteiger partial charge in [-0.1, -0.05) is 71.9 Å². The van der Waals surface area contributed by atoms with Gasteiger partial charge in [-0.15, -0.1) is 0 Å². The molecule has 0 aromatic heterocycles. The Balaban J connectivity index is 0.00000152. The van der Waals surface area contributed by atoms with E-state index in [1.54, 1.807) is 12.1 Å². The Hall–Kier alpha value is -7.46. The van der Waals surface area contributed by atoms with E-state index in [1.165, 1.54) is 34.6 Å². The van der Waals surface area contributed by atoms with Crippen LogP contribution in [0, 0.1) is 35.5 Å². The number of nitrogens with one attached hydrogen (secondary N) is 8. The summed E-state index contributed by atoms with van der Waals surface area (Å²) in [6, 6.07) is 8.59. The van der Waals surface area contributed by atoms with Crippen molar-refractivity contribution in [2.75, 3.05) is 132 Å². The zero-order valence-corrected chi connectivity index (χ0v) is 74.8. The smallest absolute Gasteiger partial charge is 0.305 e. The molecule has 4 fully saturated rings. The summed E-state index contributed by atoms with van der Waals surface area (Å²) in [7, 11) is 1.89. The Kier molecular flexibility index (Phi) is 67.5. The molecule has 15 atom stereocenters. The van der Waals surface area contributed by atoms with Crippen molar-refractivity contribution in [1.82, 2.24) is 42.5 Å². The molecule has 15 unspecified atom stereocenters. The molecular weight excluding hydrogens is 1570 g/mol. The lowest BCUT2D eigenvalue weighted by molar-refractivity contribution is -0.244. The minimum Gasteiger partial charge on any atom is -0.466 e. The standard InChI is InChI=1S/C28H43N3O7.C20H37N3O6.C12H19NO4.C9H20N2O2.C8H18N2O2.C5H8O2.C3H10N2/c1-19-20(2)27(31-21(3)32)28(38-25(19)18-37-22(4)33)36-16-9-8-13-26(35)30-15-10-14-29-17-24(34)23-11-6-5-7-12-23;1-13-14(2)19(23-15(3)24)20(29-17(13)12-28-16(4)25)27-11-6-5-8-18(26)22-10-7-9-21;1-6-7(2)11-12(16-8(3)13-11)17-10(6)5-15-9(4)14;1-10-6-4-7-11-9(13)5-2-3-8-12;9-5-3-6-10-8(12)4-1-2-7-11;6-5-3-1-2-4-7-5;4-2-1-3-5/h5-7,11-12,19-20,25,27-29H,8-10,13-18H2,1-4H3,(H,30,35)(H,31,32);13-14,17,19-20H,5-12,21H2,1-4H3,(H,22,26)(H,23,24);6-7,10-12H,5H2,1-4H3;10,12H,2-8H2,1H3,(H,11,13);11H,1-7,9H2,(H,10,12);1-4H2;1-5H2. The number of rotatable bonds is 47. The Bertz CT molecular complexity index is 3000. The summed E-state index contributed by atoms with van der Waals surface area (Å²) in [4.78, 5) is 129. The zero-order valence-electron chi connectivity index (χ0n) is 74.8. The molecule has 0 saturated carbocycles. The van der Waals surface area contributed by atoms with Crippen LogP contribution in [0.25, 0.3) is 0 Å². The van der Waals surface area contributed by atoms with Crippen molar-refractivity contribution >= 4 is 71.0 Å². The van der Waals surface area contributed by atoms with Gasteiger partial charge in [-0.05, 0) is 178 Å². The molecule has 5 heterocycles. The van der Waals surface area contributed by atoms with E-state index >= 15 is 0 Å². The summed E-state index contributed by atoms with van der Waals surface area (Å²) in [5, 5.41) is 40.2. The second-order valence-electron chi connectivity index (χ2n) is 30.5. The minimum absolute atomic E-state index is 0.00684. The van der Waals surface area contributed by atoms with E-state index in [1.807, 2.05) is 59.9 Å². The minimum atomic E-state index is -0.666. The van der Waals surface area contributed by atoms with E-state index in [9.17, 15) is 52.7 Å². The van der Waals surface area contributed by atoms with E-state index in [-0.39, 0.29) is 177 Å². The quantitative estimate of drug-likeness (QED) is 0.0191. The number of amides is 6. The van der Waals surface area contributed by atoms with E-state index in [2.05, 4.69) is 66.1 Å². The number of nitrogens with zero attached hydrogens (tertiary/aromatic N) is 1. The van der Waals surface area contributed by atoms with Crippen molar-refractivity contribution in [3.05, 3.63) is 35.9 Å². The van der Waals surface area contributed by atoms with Crippen molar-refractivity contribution in [2.45, 2.75) is 267 Å². The lowest BCUT2D eigenvalue weighted by atomic mass is 9.82. The van der Waals surface area contributed by atoms with E-state index in [0.717, 1.165) is 84.0 Å². The summed E-state index contributed by atoms with van der Waals surface area (Å²) in [6.45, 7) is 30.4. The number of hydrogen-bond donors (Lipinski definition) is 14. The van der Waals surface area contributed by atoms with Crippen LogP contribution in [0.3, 0.4) is 0 Å². The molecule has 0 spiro atoms. The molecular formula is C85H155N13O23. The summed E-state index contributed by atoms with van der Waals surface area (Å²) >= 11 is 0. The molecule has 5 aliphatic rings. The summed E-state index contributed by atoms with van der Waals surface area (Å²) in [5.41, 5.74) is 21.5. The van der Waals surface area contributed by atoms with Crippen LogP contribution in [0.5, 0.6) is 0 Å². The second kappa shape index (κ2) is 71.9. The Morgan fingerprint density at radius 1 is 0.479 bits per heavy atom. The van der Waals surface area contributed by atoms with Crippen molar-refractivity contribution in [1.29, 1.82) is 0 Å². The fourth-order valence-electron chi connectivity index (χ4n) is 12.5. The van der Waals surface area contributed by atoms with Crippen molar-refractivity contribution in [3.8, 4) is 0 Å². The van der Waals surface area contributed by atoms with Gasteiger partial charge >= 0.3 is 23.9 Å². The molecule has 698 valence electrons.